The van der Waals surface area contributed by atoms with Crippen LogP contribution in [-0.4, -0.2) is 21.2 Å². The molecule has 0 aromatic carbocycles. The van der Waals surface area contributed by atoms with Gasteiger partial charge in [0.1, 0.15) is 5.60 Å². The van der Waals surface area contributed by atoms with Crippen LogP contribution in [0.15, 0.2) is 18.5 Å². The van der Waals surface area contributed by atoms with Crippen LogP contribution in [0.2, 0.25) is 0 Å². The first kappa shape index (κ1) is 11.2. The van der Waals surface area contributed by atoms with Crippen LogP contribution in [0.4, 0.5) is 10.5 Å². The lowest BCUT2D eigenvalue weighted by Crippen LogP contribution is -2.26. The van der Waals surface area contributed by atoms with Gasteiger partial charge in [-0.15, -0.1) is 0 Å². The minimum Gasteiger partial charge on any atom is -0.443 e. The third-order valence-electron chi connectivity index (χ3n) is 1.49. The third kappa shape index (κ3) is 3.08. The van der Waals surface area contributed by atoms with Crippen molar-refractivity contribution in [3.05, 3.63) is 28.6 Å². The van der Waals surface area contributed by atoms with Gasteiger partial charge < -0.3 is 4.74 Å². The van der Waals surface area contributed by atoms with Crippen LogP contribution in [0, 0.1) is 10.1 Å². The number of carbonyl (C=O) groups excluding carboxylic acids is 1. The molecule has 1 aromatic rings. The zero-order valence-corrected chi connectivity index (χ0v) is 8.76. The van der Waals surface area contributed by atoms with Gasteiger partial charge in [0, 0.05) is 12.3 Å². The molecule has 6 nitrogen and oxygen atoms in total. The number of hydrogen-bond acceptors (Lipinski definition) is 4. The lowest BCUT2D eigenvalue weighted by molar-refractivity contribution is -0.384. The Hall–Kier alpha value is -1.85. The normalized spacial score (nSPS) is 11.1. The molecule has 0 fully saturated rings. The fourth-order valence-corrected chi connectivity index (χ4v) is 0.921. The first-order valence-corrected chi connectivity index (χ1v) is 4.35. The Kier molecular flexibility index (Phi) is 2.78. The number of hydrogen-bond donors (Lipinski definition) is 0. The van der Waals surface area contributed by atoms with Crippen LogP contribution in [0.3, 0.4) is 0 Å². The number of nitro groups is 1. The molecule has 0 saturated heterocycles. The fourth-order valence-electron chi connectivity index (χ4n) is 0.921. The van der Waals surface area contributed by atoms with Gasteiger partial charge in [0.05, 0.1) is 11.1 Å². The summed E-state index contributed by atoms with van der Waals surface area (Å²) in [5, 5.41) is 10.4. The maximum absolute atomic E-state index is 11.4. The van der Waals surface area contributed by atoms with Gasteiger partial charge in [-0.3, -0.25) is 14.7 Å². The highest BCUT2D eigenvalue weighted by molar-refractivity contribution is 5.71. The van der Waals surface area contributed by atoms with Crippen molar-refractivity contribution in [2.24, 2.45) is 0 Å². The minimum atomic E-state index is -0.629. The number of carbonyl (C=O) groups is 1. The van der Waals surface area contributed by atoms with Crippen molar-refractivity contribution in [1.29, 1.82) is 0 Å². The summed E-state index contributed by atoms with van der Waals surface area (Å²) in [6.07, 6.45) is 1.79. The van der Waals surface area contributed by atoms with Crippen molar-refractivity contribution in [3.8, 4) is 0 Å². The Balaban J connectivity index is 2.79. The molecule has 6 heteroatoms. The highest BCUT2D eigenvalue weighted by Gasteiger charge is 2.19. The van der Waals surface area contributed by atoms with E-state index in [9.17, 15) is 14.9 Å². The van der Waals surface area contributed by atoms with E-state index < -0.39 is 16.6 Å². The molecule has 15 heavy (non-hydrogen) atoms. The summed E-state index contributed by atoms with van der Waals surface area (Å²) in [6.45, 7) is 5.18. The molecule has 1 rings (SSSR count). The monoisotopic (exact) mass is 212 g/mol. The molecule has 0 amide bonds. The van der Waals surface area contributed by atoms with E-state index in [2.05, 4.69) is 0 Å². The summed E-state index contributed by atoms with van der Waals surface area (Å²) >= 11 is 0. The van der Waals surface area contributed by atoms with Crippen molar-refractivity contribution in [1.82, 2.24) is 4.57 Å². The molecular formula is C9H12N2O4. The Labute approximate surface area is 86.6 Å². The zero-order chi connectivity index (χ0) is 11.6. The maximum Gasteiger partial charge on any atom is 0.418 e. The molecule has 0 unspecified atom stereocenters. The van der Waals surface area contributed by atoms with Crippen molar-refractivity contribution >= 4 is 11.8 Å². The van der Waals surface area contributed by atoms with Crippen LogP contribution < -0.4 is 0 Å². The first-order chi connectivity index (χ1) is 6.79. The van der Waals surface area contributed by atoms with Gasteiger partial charge in [-0.2, -0.15) is 0 Å². The number of aromatic nitrogens is 1. The van der Waals surface area contributed by atoms with Gasteiger partial charge in [-0.25, -0.2) is 4.79 Å². The molecule has 82 valence electrons. The SMILES string of the molecule is CC(C)(C)OC(=O)n1ccc([N+](=O)[O-])c1. The minimum absolute atomic E-state index is 0.138. The number of rotatable bonds is 1. The molecule has 0 aliphatic rings. The molecular weight excluding hydrogens is 200 g/mol. The Bertz CT molecular complexity index is 389. The Morgan fingerprint density at radius 3 is 2.53 bits per heavy atom. The van der Waals surface area contributed by atoms with Crippen molar-refractivity contribution in [2.75, 3.05) is 0 Å². The maximum atomic E-state index is 11.4. The van der Waals surface area contributed by atoms with E-state index in [1.807, 2.05) is 0 Å². The Morgan fingerprint density at radius 1 is 1.53 bits per heavy atom. The number of ether oxygens (including phenoxy) is 1. The molecule has 1 aromatic heterocycles. The first-order valence-electron chi connectivity index (χ1n) is 4.35. The van der Waals surface area contributed by atoms with Crippen LogP contribution in [-0.2, 0) is 4.74 Å². The predicted molar refractivity (Wildman–Crippen MR) is 52.7 cm³/mol. The second kappa shape index (κ2) is 3.72. The van der Waals surface area contributed by atoms with E-state index in [1.54, 1.807) is 20.8 Å². The van der Waals surface area contributed by atoms with Crippen molar-refractivity contribution < 1.29 is 14.5 Å². The van der Waals surface area contributed by atoms with E-state index >= 15 is 0 Å². The largest absolute Gasteiger partial charge is 0.443 e. The van der Waals surface area contributed by atoms with Crippen molar-refractivity contribution in [2.45, 2.75) is 26.4 Å². The van der Waals surface area contributed by atoms with Crippen LogP contribution in [0.1, 0.15) is 20.8 Å². The molecule has 0 aliphatic carbocycles. The summed E-state index contributed by atoms with van der Waals surface area (Å²) < 4.78 is 6.06. The molecule has 1 heterocycles. The second-order valence-electron chi connectivity index (χ2n) is 4.01. The summed E-state index contributed by atoms with van der Waals surface area (Å²) in [6, 6.07) is 1.24. The molecule has 0 radical (unpaired) electrons. The molecule has 0 bridgehead atoms. The van der Waals surface area contributed by atoms with Gasteiger partial charge in [-0.05, 0) is 20.8 Å². The lowest BCUT2D eigenvalue weighted by Gasteiger charge is -2.19. The lowest BCUT2D eigenvalue weighted by atomic mass is 10.2. The van der Waals surface area contributed by atoms with Crippen molar-refractivity contribution in [3.63, 3.8) is 0 Å². The Morgan fingerprint density at radius 2 is 2.13 bits per heavy atom. The molecule has 0 atom stereocenters. The van der Waals surface area contributed by atoms with Crippen LogP contribution >= 0.6 is 0 Å². The van der Waals surface area contributed by atoms with E-state index in [4.69, 9.17) is 4.74 Å². The van der Waals surface area contributed by atoms with Gasteiger partial charge in [-0.1, -0.05) is 0 Å². The molecule has 0 N–H and O–H groups in total. The average Bonchev–Trinajstić information content (AvgIpc) is 2.47. The highest BCUT2D eigenvalue weighted by Crippen LogP contribution is 2.13. The standard InChI is InChI=1S/C9H12N2O4/c1-9(2,3)15-8(12)10-5-4-7(6-10)11(13)14/h4-6H,1-3H3. The van der Waals surface area contributed by atoms with Gasteiger partial charge >= 0.3 is 6.09 Å². The predicted octanol–water partition coefficient (Wildman–Crippen LogP) is 2.18. The average molecular weight is 212 g/mol. The quantitative estimate of drug-likeness (QED) is 0.528. The summed E-state index contributed by atoms with van der Waals surface area (Å²) in [5.41, 5.74) is -0.753. The highest BCUT2D eigenvalue weighted by atomic mass is 16.6. The topological polar surface area (TPSA) is 74.4 Å². The fraction of sp³-hybridized carbons (Fsp3) is 0.444. The summed E-state index contributed by atoms with van der Waals surface area (Å²) in [5.74, 6) is 0. The number of nitrogens with zero attached hydrogens (tertiary/aromatic N) is 2. The summed E-state index contributed by atoms with van der Waals surface area (Å²) in [4.78, 5) is 21.2. The molecule has 0 spiro atoms. The van der Waals surface area contributed by atoms with Gasteiger partial charge in [0.25, 0.3) is 5.69 Å². The van der Waals surface area contributed by atoms with E-state index in [0.717, 1.165) is 10.8 Å². The smallest absolute Gasteiger partial charge is 0.418 e. The van der Waals surface area contributed by atoms with Gasteiger partial charge in [0.2, 0.25) is 0 Å². The van der Waals surface area contributed by atoms with E-state index in [1.165, 1.54) is 12.3 Å². The van der Waals surface area contributed by atoms with E-state index in [-0.39, 0.29) is 5.69 Å². The molecule has 0 aliphatic heterocycles. The van der Waals surface area contributed by atoms with Crippen LogP contribution in [0.25, 0.3) is 0 Å². The van der Waals surface area contributed by atoms with E-state index in [0.29, 0.717) is 0 Å². The second-order valence-corrected chi connectivity index (χ2v) is 4.01. The third-order valence-corrected chi connectivity index (χ3v) is 1.49. The zero-order valence-electron chi connectivity index (χ0n) is 8.76. The molecule has 0 saturated carbocycles. The van der Waals surface area contributed by atoms with Gasteiger partial charge in [0.15, 0.2) is 0 Å². The summed E-state index contributed by atoms with van der Waals surface area (Å²) in [7, 11) is 0. The van der Waals surface area contributed by atoms with Crippen LogP contribution in [0.5, 0.6) is 0 Å².